The molecule has 0 bridgehead atoms. The van der Waals surface area contributed by atoms with Crippen molar-refractivity contribution in [3.05, 3.63) is 51.8 Å². The number of ether oxygens (including phenoxy) is 1. The van der Waals surface area contributed by atoms with Crippen LogP contribution in [0.1, 0.15) is 52.4 Å². The highest BCUT2D eigenvalue weighted by Gasteiger charge is 2.34. The predicted octanol–water partition coefficient (Wildman–Crippen LogP) is 5.97. The topological polar surface area (TPSA) is 59.7 Å². The number of allylic oxidation sites excluding steroid dienone is 2. The lowest BCUT2D eigenvalue weighted by Gasteiger charge is -2.23. The molecule has 3 heterocycles. The van der Waals surface area contributed by atoms with Crippen molar-refractivity contribution in [2.75, 3.05) is 13.2 Å². The number of carbonyl (C=O) groups is 1. The van der Waals surface area contributed by atoms with Crippen LogP contribution in [0.25, 0.3) is 5.52 Å². The minimum atomic E-state index is -0.329. The molecular formula is C20H26BrClN4O2. The van der Waals surface area contributed by atoms with Gasteiger partial charge in [-0.05, 0) is 48.2 Å². The first-order chi connectivity index (χ1) is 13.6. The Morgan fingerprint density at radius 2 is 2.18 bits per heavy atom. The quantitative estimate of drug-likeness (QED) is 0.518. The fourth-order valence-electron chi connectivity index (χ4n) is 3.14. The van der Waals surface area contributed by atoms with Crippen molar-refractivity contribution < 1.29 is 9.53 Å². The van der Waals surface area contributed by atoms with Gasteiger partial charge in [0, 0.05) is 18.9 Å². The molecule has 0 saturated carbocycles. The molecule has 8 heteroatoms. The number of hydrogen-bond acceptors (Lipinski definition) is 4. The van der Waals surface area contributed by atoms with Crippen LogP contribution in [0.3, 0.4) is 0 Å². The van der Waals surface area contributed by atoms with Crippen molar-refractivity contribution in [3.8, 4) is 0 Å². The molecule has 1 aliphatic heterocycles. The molecule has 3 rings (SSSR count). The highest BCUT2D eigenvalue weighted by atomic mass is 79.9. The Hall–Kier alpha value is -1.86. The number of rotatable bonds is 4. The summed E-state index contributed by atoms with van der Waals surface area (Å²) in [7, 11) is 0. The predicted molar refractivity (Wildman–Crippen MR) is 116 cm³/mol. The van der Waals surface area contributed by atoms with Gasteiger partial charge >= 0.3 is 6.09 Å². The molecule has 2 aromatic rings. The summed E-state index contributed by atoms with van der Waals surface area (Å²) in [6.07, 6.45) is 10.6. The van der Waals surface area contributed by atoms with E-state index in [-0.39, 0.29) is 18.7 Å². The molecule has 28 heavy (non-hydrogen) atoms. The molecule has 1 aliphatic rings. The number of halogens is 2. The van der Waals surface area contributed by atoms with Gasteiger partial charge in [0.1, 0.15) is 22.6 Å². The molecule has 152 valence electrons. The van der Waals surface area contributed by atoms with Crippen LogP contribution in [0.15, 0.2) is 40.8 Å². The summed E-state index contributed by atoms with van der Waals surface area (Å²) in [5.74, 6) is 0.755. The van der Waals surface area contributed by atoms with E-state index in [1.165, 1.54) is 0 Å². The highest BCUT2D eigenvalue weighted by Crippen LogP contribution is 2.35. The monoisotopic (exact) mass is 468 g/mol. The summed E-state index contributed by atoms with van der Waals surface area (Å²) in [5, 5.41) is 0.370. The van der Waals surface area contributed by atoms with E-state index in [1.807, 2.05) is 50.3 Å². The van der Waals surface area contributed by atoms with Crippen molar-refractivity contribution in [1.82, 2.24) is 19.3 Å². The summed E-state index contributed by atoms with van der Waals surface area (Å²) >= 11 is 9.63. The first-order valence-corrected chi connectivity index (χ1v) is 10.6. The molecular weight excluding hydrogens is 444 g/mol. The van der Waals surface area contributed by atoms with E-state index in [0.717, 1.165) is 24.2 Å². The van der Waals surface area contributed by atoms with Crippen LogP contribution in [0, 0.1) is 0 Å². The third-order valence-electron chi connectivity index (χ3n) is 4.39. The fourth-order valence-corrected chi connectivity index (χ4v) is 4.05. The Labute approximate surface area is 179 Å². The molecule has 0 aliphatic carbocycles. The maximum atomic E-state index is 12.6. The van der Waals surface area contributed by atoms with Gasteiger partial charge in [-0.2, -0.15) is 0 Å². The van der Waals surface area contributed by atoms with E-state index in [0.29, 0.717) is 21.8 Å². The molecule has 6 nitrogen and oxygen atoms in total. The van der Waals surface area contributed by atoms with E-state index < -0.39 is 0 Å². The van der Waals surface area contributed by atoms with E-state index in [2.05, 4.69) is 25.9 Å². The minimum Gasteiger partial charge on any atom is -0.445 e. The van der Waals surface area contributed by atoms with E-state index in [1.54, 1.807) is 17.3 Å². The molecule has 0 aromatic carbocycles. The molecule has 1 fully saturated rings. The Balaban J connectivity index is 0.00000136. The summed E-state index contributed by atoms with van der Waals surface area (Å²) < 4.78 is 8.01. The van der Waals surface area contributed by atoms with E-state index >= 15 is 0 Å². The summed E-state index contributed by atoms with van der Waals surface area (Å²) in [6.45, 7) is 8.76. The second kappa shape index (κ2) is 10.6. The van der Waals surface area contributed by atoms with Crippen molar-refractivity contribution in [1.29, 1.82) is 0 Å². The lowest BCUT2D eigenvalue weighted by molar-refractivity contribution is 0.105. The van der Waals surface area contributed by atoms with Gasteiger partial charge in [0.25, 0.3) is 0 Å². The maximum absolute atomic E-state index is 12.6. The zero-order chi connectivity index (χ0) is 20.7. The molecule has 1 saturated heterocycles. The number of fused-ring (bicyclic) bond motifs is 1. The van der Waals surface area contributed by atoms with Gasteiger partial charge < -0.3 is 4.74 Å². The van der Waals surface area contributed by atoms with Crippen LogP contribution in [0.4, 0.5) is 4.79 Å². The van der Waals surface area contributed by atoms with Crippen LogP contribution >= 0.6 is 27.5 Å². The van der Waals surface area contributed by atoms with Gasteiger partial charge in [-0.3, -0.25) is 9.30 Å². The summed E-state index contributed by atoms with van der Waals surface area (Å²) in [5.41, 5.74) is 1.66. The van der Waals surface area contributed by atoms with Crippen LogP contribution in [0.5, 0.6) is 0 Å². The molecule has 1 atom stereocenters. The maximum Gasteiger partial charge on any atom is 0.410 e. The fraction of sp³-hybridized carbons (Fsp3) is 0.450. The number of amides is 1. The lowest BCUT2D eigenvalue weighted by atomic mass is 10.2. The molecule has 0 radical (unpaired) electrons. The van der Waals surface area contributed by atoms with Crippen LogP contribution in [0.2, 0.25) is 5.15 Å². The number of aromatic nitrogens is 3. The first-order valence-electron chi connectivity index (χ1n) is 9.46. The average Bonchev–Trinajstić information content (AvgIpc) is 3.32. The smallest absolute Gasteiger partial charge is 0.410 e. The first kappa shape index (κ1) is 22.4. The summed E-state index contributed by atoms with van der Waals surface area (Å²) in [4.78, 5) is 23.0. The van der Waals surface area contributed by atoms with Crippen molar-refractivity contribution in [2.45, 2.75) is 46.6 Å². The number of imidazole rings is 1. The van der Waals surface area contributed by atoms with Crippen molar-refractivity contribution in [3.63, 3.8) is 0 Å². The SMILES string of the molecule is C/C=C\C(=C/C)COC(=O)N1CCCC1c1nc(Br)c2c(Cl)nccn12.CC. The van der Waals surface area contributed by atoms with Crippen LogP contribution in [-0.4, -0.2) is 38.5 Å². The Kier molecular flexibility index (Phi) is 8.51. The van der Waals surface area contributed by atoms with Crippen LogP contribution in [-0.2, 0) is 4.74 Å². The Morgan fingerprint density at radius 1 is 1.43 bits per heavy atom. The molecule has 1 unspecified atom stereocenters. The van der Waals surface area contributed by atoms with Gasteiger partial charge in [0.15, 0.2) is 5.15 Å². The zero-order valence-corrected chi connectivity index (χ0v) is 19.0. The zero-order valence-electron chi connectivity index (χ0n) is 16.7. The Bertz CT molecular complexity index is 878. The largest absolute Gasteiger partial charge is 0.445 e. The minimum absolute atomic E-state index is 0.157. The summed E-state index contributed by atoms with van der Waals surface area (Å²) in [6, 6.07) is -0.157. The highest BCUT2D eigenvalue weighted by molar-refractivity contribution is 9.10. The number of nitrogens with zero attached hydrogens (tertiary/aromatic N) is 4. The van der Waals surface area contributed by atoms with E-state index in [4.69, 9.17) is 16.3 Å². The van der Waals surface area contributed by atoms with Gasteiger partial charge in [0.2, 0.25) is 0 Å². The molecule has 1 amide bonds. The van der Waals surface area contributed by atoms with Gasteiger partial charge in [-0.25, -0.2) is 14.8 Å². The van der Waals surface area contributed by atoms with Gasteiger partial charge in [-0.15, -0.1) is 0 Å². The second-order valence-corrected chi connectivity index (χ2v) is 7.08. The normalized spacial score (nSPS) is 17.1. The molecule has 0 spiro atoms. The lowest BCUT2D eigenvalue weighted by Crippen LogP contribution is -2.32. The van der Waals surface area contributed by atoms with Crippen molar-refractivity contribution in [2.24, 2.45) is 0 Å². The van der Waals surface area contributed by atoms with E-state index in [9.17, 15) is 4.79 Å². The number of likely N-dealkylation sites (tertiary alicyclic amines) is 1. The third kappa shape index (κ3) is 4.75. The third-order valence-corrected chi connectivity index (χ3v) is 5.22. The second-order valence-electron chi connectivity index (χ2n) is 5.97. The van der Waals surface area contributed by atoms with Crippen LogP contribution < -0.4 is 0 Å². The van der Waals surface area contributed by atoms with Gasteiger partial charge in [-0.1, -0.05) is 43.7 Å². The number of hydrogen-bond donors (Lipinski definition) is 0. The standard InChI is InChI=1S/C18H20BrClN4O2.C2H6/c1-3-6-12(4-2)11-26-18(25)23-9-5-7-13(23)17-22-15(19)14-16(20)21-8-10-24(14)17;1-2/h3-4,6,8,10,13H,5,7,9,11H2,1-2H3;1-2H3/b6-3-,12-4+;. The average molecular weight is 470 g/mol. The van der Waals surface area contributed by atoms with Crippen molar-refractivity contribution >= 4 is 39.1 Å². The molecule has 0 N–H and O–H groups in total. The Morgan fingerprint density at radius 3 is 2.86 bits per heavy atom. The molecule has 2 aromatic heterocycles. The number of carbonyl (C=O) groups excluding carboxylic acids is 1. The van der Waals surface area contributed by atoms with Gasteiger partial charge in [0.05, 0.1) is 6.04 Å².